The van der Waals surface area contributed by atoms with Crippen molar-refractivity contribution in [3.8, 4) is 5.75 Å². The molecule has 1 heterocycles. The molecule has 136 valence electrons. The molecule has 0 aromatic heterocycles. The summed E-state index contributed by atoms with van der Waals surface area (Å²) in [7, 11) is 0. The zero-order chi connectivity index (χ0) is 18.5. The van der Waals surface area contributed by atoms with Gasteiger partial charge >= 0.3 is 11.8 Å². The lowest BCUT2D eigenvalue weighted by Crippen LogP contribution is -2.37. The van der Waals surface area contributed by atoms with Crippen molar-refractivity contribution >= 4 is 28.9 Å². The molecule has 0 aliphatic carbocycles. The number of aryl methyl sites for hydroxylation is 1. The summed E-state index contributed by atoms with van der Waals surface area (Å²) in [5, 5.41) is 14.9. The number of carbonyl (C=O) groups excluding carboxylic acids is 2. The second-order valence-electron chi connectivity index (χ2n) is 6.05. The first-order valence-electron chi connectivity index (χ1n) is 8.38. The van der Waals surface area contributed by atoms with E-state index in [0.29, 0.717) is 18.9 Å². The lowest BCUT2D eigenvalue weighted by atomic mass is 10.2. The zero-order valence-corrected chi connectivity index (χ0v) is 14.5. The molecule has 1 fully saturated rings. The third kappa shape index (κ3) is 4.12. The summed E-state index contributed by atoms with van der Waals surface area (Å²) < 4.78 is 5.35. The molecule has 0 spiro atoms. The van der Waals surface area contributed by atoms with Crippen LogP contribution < -0.4 is 15.5 Å². The van der Waals surface area contributed by atoms with Gasteiger partial charge in [0.25, 0.3) is 0 Å². The number of aromatic hydroxyl groups is 1. The maximum absolute atomic E-state index is 12.3. The molecule has 7 nitrogen and oxygen atoms in total. The fourth-order valence-electron chi connectivity index (χ4n) is 2.77. The second-order valence-corrected chi connectivity index (χ2v) is 6.05. The fraction of sp³-hybridized carbons (Fsp3) is 0.263. The van der Waals surface area contributed by atoms with Gasteiger partial charge in [0.15, 0.2) is 0 Å². The summed E-state index contributed by atoms with van der Waals surface area (Å²) in [4.78, 5) is 26.6. The number of rotatable bonds is 3. The van der Waals surface area contributed by atoms with Gasteiger partial charge in [-0.3, -0.25) is 9.59 Å². The normalized spacial score (nSPS) is 14.0. The van der Waals surface area contributed by atoms with E-state index in [9.17, 15) is 14.7 Å². The maximum atomic E-state index is 12.3. The zero-order valence-electron chi connectivity index (χ0n) is 14.5. The highest BCUT2D eigenvalue weighted by Gasteiger charge is 2.19. The van der Waals surface area contributed by atoms with Crippen molar-refractivity contribution in [2.24, 2.45) is 0 Å². The Morgan fingerprint density at radius 2 is 1.65 bits per heavy atom. The Bertz CT molecular complexity index is 816. The Labute approximate surface area is 151 Å². The van der Waals surface area contributed by atoms with E-state index in [-0.39, 0.29) is 11.4 Å². The maximum Gasteiger partial charge on any atom is 0.314 e. The molecule has 2 aromatic carbocycles. The van der Waals surface area contributed by atoms with Crippen LogP contribution in [0.25, 0.3) is 0 Å². The van der Waals surface area contributed by atoms with Crippen LogP contribution in [-0.2, 0) is 14.3 Å². The highest BCUT2D eigenvalue weighted by atomic mass is 16.5. The smallest absolute Gasteiger partial charge is 0.314 e. The molecule has 0 atom stereocenters. The summed E-state index contributed by atoms with van der Waals surface area (Å²) in [5.41, 5.74) is 2.46. The van der Waals surface area contributed by atoms with E-state index in [0.717, 1.165) is 24.3 Å². The number of hydrogen-bond donors (Lipinski definition) is 3. The topological polar surface area (TPSA) is 90.9 Å². The largest absolute Gasteiger partial charge is 0.506 e. The van der Waals surface area contributed by atoms with Gasteiger partial charge in [-0.1, -0.05) is 18.2 Å². The number of nitrogens with zero attached hydrogens (tertiary/aromatic N) is 1. The van der Waals surface area contributed by atoms with E-state index in [1.807, 2.05) is 19.1 Å². The van der Waals surface area contributed by atoms with Crippen LogP contribution in [0.5, 0.6) is 5.75 Å². The van der Waals surface area contributed by atoms with Crippen LogP contribution in [0.15, 0.2) is 42.5 Å². The van der Waals surface area contributed by atoms with E-state index in [2.05, 4.69) is 15.5 Å². The van der Waals surface area contributed by atoms with Crippen LogP contribution in [0.3, 0.4) is 0 Å². The Kier molecular flexibility index (Phi) is 5.38. The summed E-state index contributed by atoms with van der Waals surface area (Å²) in [6.45, 7) is 4.51. The highest BCUT2D eigenvalue weighted by Crippen LogP contribution is 2.27. The molecular weight excluding hydrogens is 334 g/mol. The Hall–Kier alpha value is -3.06. The fourth-order valence-corrected chi connectivity index (χ4v) is 2.77. The molecule has 1 aliphatic rings. The highest BCUT2D eigenvalue weighted by molar-refractivity contribution is 6.44. The van der Waals surface area contributed by atoms with Crippen molar-refractivity contribution in [1.29, 1.82) is 0 Å². The standard InChI is InChI=1S/C19H21N3O4/c1-13-6-7-17(23)15(12-13)21-19(25)18(24)20-14-4-2-3-5-16(14)22-8-10-26-11-9-22/h2-7,12,23H,8-11H2,1H3,(H,20,24)(H,21,25). The third-order valence-electron chi connectivity index (χ3n) is 4.11. The molecule has 3 rings (SSSR count). The number of benzene rings is 2. The number of phenols is 1. The molecule has 26 heavy (non-hydrogen) atoms. The molecular formula is C19H21N3O4. The van der Waals surface area contributed by atoms with Crippen LogP contribution in [0.4, 0.5) is 17.1 Å². The molecule has 1 saturated heterocycles. The van der Waals surface area contributed by atoms with Gasteiger partial charge in [-0.2, -0.15) is 0 Å². The first kappa shape index (κ1) is 17.8. The predicted molar refractivity (Wildman–Crippen MR) is 99.6 cm³/mol. The number of para-hydroxylation sites is 2. The van der Waals surface area contributed by atoms with E-state index < -0.39 is 11.8 Å². The van der Waals surface area contributed by atoms with Gasteiger partial charge in [0.05, 0.1) is 30.3 Å². The van der Waals surface area contributed by atoms with Gasteiger partial charge in [-0.25, -0.2) is 0 Å². The Balaban J connectivity index is 1.71. The summed E-state index contributed by atoms with van der Waals surface area (Å²) in [6, 6.07) is 12.1. The van der Waals surface area contributed by atoms with Crippen molar-refractivity contribution in [1.82, 2.24) is 0 Å². The number of morpholine rings is 1. The molecule has 3 N–H and O–H groups in total. The van der Waals surface area contributed by atoms with Crippen molar-refractivity contribution in [3.63, 3.8) is 0 Å². The number of nitrogens with one attached hydrogen (secondary N) is 2. The number of hydrogen-bond acceptors (Lipinski definition) is 5. The van der Waals surface area contributed by atoms with E-state index in [1.165, 1.54) is 6.07 Å². The number of ether oxygens (including phenoxy) is 1. The van der Waals surface area contributed by atoms with Gasteiger partial charge in [-0.15, -0.1) is 0 Å². The van der Waals surface area contributed by atoms with Crippen LogP contribution in [0, 0.1) is 6.92 Å². The molecule has 0 bridgehead atoms. The Morgan fingerprint density at radius 1 is 1.00 bits per heavy atom. The monoisotopic (exact) mass is 355 g/mol. The van der Waals surface area contributed by atoms with E-state index in [1.54, 1.807) is 24.3 Å². The van der Waals surface area contributed by atoms with Crippen molar-refractivity contribution < 1.29 is 19.4 Å². The first-order valence-corrected chi connectivity index (χ1v) is 8.38. The number of amides is 2. The van der Waals surface area contributed by atoms with Crippen LogP contribution >= 0.6 is 0 Å². The van der Waals surface area contributed by atoms with Gasteiger partial charge in [0.2, 0.25) is 0 Å². The van der Waals surface area contributed by atoms with Crippen molar-refractivity contribution in [2.45, 2.75) is 6.92 Å². The number of anilines is 3. The van der Waals surface area contributed by atoms with Gasteiger partial charge < -0.3 is 25.4 Å². The van der Waals surface area contributed by atoms with E-state index >= 15 is 0 Å². The minimum Gasteiger partial charge on any atom is -0.506 e. The average Bonchev–Trinajstić information content (AvgIpc) is 2.66. The lowest BCUT2D eigenvalue weighted by Gasteiger charge is -2.30. The van der Waals surface area contributed by atoms with Crippen LogP contribution in [0.1, 0.15) is 5.56 Å². The molecule has 0 unspecified atom stereocenters. The molecule has 2 amide bonds. The van der Waals surface area contributed by atoms with Crippen LogP contribution in [-0.4, -0.2) is 43.2 Å². The van der Waals surface area contributed by atoms with Gasteiger partial charge in [0, 0.05) is 13.1 Å². The summed E-state index contributed by atoms with van der Waals surface area (Å²) in [5.74, 6) is -1.74. The van der Waals surface area contributed by atoms with Crippen molar-refractivity contribution in [2.75, 3.05) is 41.8 Å². The average molecular weight is 355 g/mol. The number of carbonyl (C=O) groups is 2. The molecule has 7 heteroatoms. The van der Waals surface area contributed by atoms with Gasteiger partial charge in [-0.05, 0) is 36.8 Å². The van der Waals surface area contributed by atoms with Gasteiger partial charge in [0.1, 0.15) is 5.75 Å². The van der Waals surface area contributed by atoms with Crippen molar-refractivity contribution in [3.05, 3.63) is 48.0 Å². The second kappa shape index (κ2) is 7.88. The van der Waals surface area contributed by atoms with Crippen LogP contribution in [0.2, 0.25) is 0 Å². The third-order valence-corrected chi connectivity index (χ3v) is 4.11. The van der Waals surface area contributed by atoms with E-state index in [4.69, 9.17) is 4.74 Å². The Morgan fingerprint density at radius 3 is 2.38 bits per heavy atom. The summed E-state index contributed by atoms with van der Waals surface area (Å²) in [6.07, 6.45) is 0. The molecule has 0 saturated carbocycles. The first-order chi connectivity index (χ1) is 12.5. The SMILES string of the molecule is Cc1ccc(O)c(NC(=O)C(=O)Nc2ccccc2N2CCOCC2)c1. The summed E-state index contributed by atoms with van der Waals surface area (Å²) >= 11 is 0. The molecule has 1 aliphatic heterocycles. The minimum absolute atomic E-state index is 0.0922. The molecule has 2 aromatic rings. The minimum atomic E-state index is -0.845. The molecule has 0 radical (unpaired) electrons. The predicted octanol–water partition coefficient (Wildman–Crippen LogP) is 2.11. The lowest BCUT2D eigenvalue weighted by molar-refractivity contribution is -0.133. The number of phenolic OH excluding ortho intramolecular Hbond substituents is 1. The quantitative estimate of drug-likeness (QED) is 0.579.